The number of nitrogen functional groups attached to an aromatic ring is 1. The van der Waals surface area contributed by atoms with Gasteiger partial charge in [-0.25, -0.2) is 0 Å². The molecular weight excluding hydrogens is 258 g/mol. The van der Waals surface area contributed by atoms with E-state index in [4.69, 9.17) is 17.3 Å². The molecule has 0 aliphatic carbocycles. The van der Waals surface area contributed by atoms with Crippen LogP contribution >= 0.6 is 11.6 Å². The Morgan fingerprint density at radius 1 is 1.21 bits per heavy atom. The molecule has 0 spiro atoms. The summed E-state index contributed by atoms with van der Waals surface area (Å²) < 4.78 is 0. The highest BCUT2D eigenvalue weighted by Gasteiger charge is 2.05. The second-order valence-corrected chi connectivity index (χ2v) is 5.12. The first kappa shape index (κ1) is 13.8. The van der Waals surface area contributed by atoms with Crippen LogP contribution in [0.4, 0.5) is 5.69 Å². The van der Waals surface area contributed by atoms with Gasteiger partial charge in [-0.15, -0.1) is 0 Å². The van der Waals surface area contributed by atoms with Crippen LogP contribution in [0, 0.1) is 0 Å². The van der Waals surface area contributed by atoms with Crippen LogP contribution in [0.15, 0.2) is 42.7 Å². The minimum atomic E-state index is 0.728. The third-order valence-electron chi connectivity index (χ3n) is 3.08. The standard InChI is InChI=1S/C15H18ClN3/c1-19(9-6-12-4-7-18-8-5-12)11-13-10-14(16)2-3-15(13)17/h2-5,7-8,10H,6,9,11,17H2,1H3. The summed E-state index contributed by atoms with van der Waals surface area (Å²) >= 11 is 5.99. The highest BCUT2D eigenvalue weighted by atomic mass is 35.5. The van der Waals surface area contributed by atoms with Gasteiger partial charge in [-0.05, 0) is 54.9 Å². The molecule has 0 amide bonds. The van der Waals surface area contributed by atoms with Crippen molar-refractivity contribution in [3.05, 3.63) is 58.9 Å². The molecule has 0 saturated heterocycles. The van der Waals surface area contributed by atoms with Gasteiger partial charge in [0, 0.05) is 36.2 Å². The molecule has 0 aliphatic heterocycles. The molecule has 2 rings (SSSR count). The summed E-state index contributed by atoms with van der Waals surface area (Å²) in [5.41, 5.74) is 9.11. The van der Waals surface area contributed by atoms with E-state index in [2.05, 4.69) is 16.9 Å². The summed E-state index contributed by atoms with van der Waals surface area (Å²) in [6, 6.07) is 9.69. The lowest BCUT2D eigenvalue weighted by molar-refractivity contribution is 0.331. The summed E-state index contributed by atoms with van der Waals surface area (Å²) in [6.45, 7) is 1.77. The molecule has 19 heavy (non-hydrogen) atoms. The predicted molar refractivity (Wildman–Crippen MR) is 80.1 cm³/mol. The van der Waals surface area contributed by atoms with Crippen molar-refractivity contribution in [2.45, 2.75) is 13.0 Å². The molecule has 100 valence electrons. The second-order valence-electron chi connectivity index (χ2n) is 4.69. The fourth-order valence-corrected chi connectivity index (χ4v) is 2.15. The molecule has 0 bridgehead atoms. The predicted octanol–water partition coefficient (Wildman–Crippen LogP) is 2.99. The summed E-state index contributed by atoms with van der Waals surface area (Å²) in [4.78, 5) is 6.26. The van der Waals surface area contributed by atoms with E-state index in [1.165, 1.54) is 5.56 Å². The largest absolute Gasteiger partial charge is 0.398 e. The quantitative estimate of drug-likeness (QED) is 0.853. The van der Waals surface area contributed by atoms with E-state index in [0.717, 1.165) is 35.8 Å². The number of nitrogens with two attached hydrogens (primary N) is 1. The van der Waals surface area contributed by atoms with Crippen molar-refractivity contribution in [2.24, 2.45) is 0 Å². The lowest BCUT2D eigenvalue weighted by Crippen LogP contribution is -2.21. The van der Waals surface area contributed by atoms with Gasteiger partial charge in [0.25, 0.3) is 0 Å². The number of pyridine rings is 1. The molecule has 1 aromatic carbocycles. The number of hydrogen-bond donors (Lipinski definition) is 1. The first-order valence-corrected chi connectivity index (χ1v) is 6.64. The zero-order valence-electron chi connectivity index (χ0n) is 11.0. The Hall–Kier alpha value is -1.58. The Balaban J connectivity index is 1.90. The minimum absolute atomic E-state index is 0.728. The average molecular weight is 276 g/mol. The molecule has 2 N–H and O–H groups in total. The van der Waals surface area contributed by atoms with E-state index in [9.17, 15) is 0 Å². The zero-order valence-corrected chi connectivity index (χ0v) is 11.8. The second kappa shape index (κ2) is 6.55. The minimum Gasteiger partial charge on any atom is -0.398 e. The number of anilines is 1. The van der Waals surface area contributed by atoms with E-state index in [1.54, 1.807) is 0 Å². The molecule has 0 aliphatic rings. The van der Waals surface area contributed by atoms with Crippen molar-refractivity contribution in [1.29, 1.82) is 0 Å². The van der Waals surface area contributed by atoms with E-state index in [-0.39, 0.29) is 0 Å². The van der Waals surface area contributed by atoms with Gasteiger partial charge >= 0.3 is 0 Å². The maximum atomic E-state index is 5.99. The number of nitrogens with zero attached hydrogens (tertiary/aromatic N) is 2. The third-order valence-corrected chi connectivity index (χ3v) is 3.31. The Kier molecular flexibility index (Phi) is 4.77. The van der Waals surface area contributed by atoms with E-state index in [1.807, 2.05) is 42.7 Å². The lowest BCUT2D eigenvalue weighted by Gasteiger charge is -2.18. The number of halogens is 1. The molecule has 0 radical (unpaired) electrons. The Morgan fingerprint density at radius 2 is 1.95 bits per heavy atom. The first-order chi connectivity index (χ1) is 9.15. The van der Waals surface area contributed by atoms with Gasteiger partial charge in [-0.2, -0.15) is 0 Å². The highest BCUT2D eigenvalue weighted by molar-refractivity contribution is 6.30. The van der Waals surface area contributed by atoms with Crippen molar-refractivity contribution >= 4 is 17.3 Å². The maximum absolute atomic E-state index is 5.99. The lowest BCUT2D eigenvalue weighted by atomic mass is 10.1. The zero-order chi connectivity index (χ0) is 13.7. The van der Waals surface area contributed by atoms with Crippen LogP contribution in [0.3, 0.4) is 0 Å². The smallest absolute Gasteiger partial charge is 0.0410 e. The molecule has 1 aromatic heterocycles. The van der Waals surface area contributed by atoms with Crippen molar-refractivity contribution in [1.82, 2.24) is 9.88 Å². The number of rotatable bonds is 5. The highest BCUT2D eigenvalue weighted by Crippen LogP contribution is 2.19. The number of likely N-dealkylation sites (N-methyl/N-ethyl adjacent to an activating group) is 1. The van der Waals surface area contributed by atoms with E-state index < -0.39 is 0 Å². The average Bonchev–Trinajstić information content (AvgIpc) is 2.42. The van der Waals surface area contributed by atoms with Gasteiger partial charge in [0.05, 0.1) is 0 Å². The van der Waals surface area contributed by atoms with Crippen molar-refractivity contribution in [3.8, 4) is 0 Å². The third kappa shape index (κ3) is 4.23. The maximum Gasteiger partial charge on any atom is 0.0410 e. The molecule has 4 heteroatoms. The van der Waals surface area contributed by atoms with Gasteiger partial charge in [0.2, 0.25) is 0 Å². The van der Waals surface area contributed by atoms with Gasteiger partial charge in [0.1, 0.15) is 0 Å². The molecule has 0 fully saturated rings. The summed E-state index contributed by atoms with van der Waals surface area (Å²) in [7, 11) is 2.08. The van der Waals surface area contributed by atoms with E-state index in [0.29, 0.717) is 0 Å². The van der Waals surface area contributed by atoms with Crippen LogP contribution in [-0.4, -0.2) is 23.5 Å². The van der Waals surface area contributed by atoms with Crippen molar-refractivity contribution in [2.75, 3.05) is 19.3 Å². The van der Waals surface area contributed by atoms with Crippen LogP contribution in [0.25, 0.3) is 0 Å². The number of hydrogen-bond acceptors (Lipinski definition) is 3. The van der Waals surface area contributed by atoms with Crippen LogP contribution < -0.4 is 5.73 Å². The Labute approximate surface area is 119 Å². The van der Waals surface area contributed by atoms with Gasteiger partial charge in [-0.3, -0.25) is 4.98 Å². The van der Waals surface area contributed by atoms with Crippen LogP contribution in [-0.2, 0) is 13.0 Å². The number of benzene rings is 1. The molecule has 1 heterocycles. The van der Waals surface area contributed by atoms with Gasteiger partial charge in [-0.1, -0.05) is 11.6 Å². The Morgan fingerprint density at radius 3 is 2.68 bits per heavy atom. The topological polar surface area (TPSA) is 42.2 Å². The molecule has 0 unspecified atom stereocenters. The summed E-state index contributed by atoms with van der Waals surface area (Å²) in [6.07, 6.45) is 4.65. The number of aromatic nitrogens is 1. The SMILES string of the molecule is CN(CCc1ccncc1)Cc1cc(Cl)ccc1N. The molecule has 0 atom stereocenters. The fraction of sp³-hybridized carbons (Fsp3) is 0.267. The first-order valence-electron chi connectivity index (χ1n) is 6.26. The van der Waals surface area contributed by atoms with Crippen LogP contribution in [0.5, 0.6) is 0 Å². The Bertz CT molecular complexity index is 528. The van der Waals surface area contributed by atoms with Crippen LogP contribution in [0.2, 0.25) is 5.02 Å². The van der Waals surface area contributed by atoms with Gasteiger partial charge < -0.3 is 10.6 Å². The molecule has 3 nitrogen and oxygen atoms in total. The van der Waals surface area contributed by atoms with E-state index >= 15 is 0 Å². The van der Waals surface area contributed by atoms with Gasteiger partial charge in [0.15, 0.2) is 0 Å². The van der Waals surface area contributed by atoms with Crippen molar-refractivity contribution in [3.63, 3.8) is 0 Å². The fourth-order valence-electron chi connectivity index (χ4n) is 1.95. The molecule has 0 saturated carbocycles. The summed E-state index contributed by atoms with van der Waals surface area (Å²) in [5, 5.41) is 0.728. The van der Waals surface area contributed by atoms with Crippen molar-refractivity contribution < 1.29 is 0 Å². The van der Waals surface area contributed by atoms with Crippen LogP contribution in [0.1, 0.15) is 11.1 Å². The molecular formula is C15H18ClN3. The normalized spacial score (nSPS) is 10.9. The monoisotopic (exact) mass is 275 g/mol. The summed E-state index contributed by atoms with van der Waals surface area (Å²) in [5.74, 6) is 0. The molecule has 2 aromatic rings.